The molecule has 0 spiro atoms. The van der Waals surface area contributed by atoms with Crippen LogP contribution in [0, 0.1) is 12.7 Å². The fraction of sp³-hybridized carbons (Fsp3) is 0.235. The molecule has 0 aromatic heterocycles. The molecule has 2 aromatic carbocycles. The predicted octanol–water partition coefficient (Wildman–Crippen LogP) is 4.64. The molecule has 1 N–H and O–H groups in total. The second kappa shape index (κ2) is 6.40. The Morgan fingerprint density at radius 3 is 2.43 bits per heavy atom. The van der Waals surface area contributed by atoms with Crippen LogP contribution in [0.15, 0.2) is 42.5 Å². The number of amides is 1. The Morgan fingerprint density at radius 2 is 1.83 bits per heavy atom. The molecule has 122 valence electrons. The standard InChI is InChI=1S/C17H15F4NO/c1-10-6-7-13(9-15(10)18)16(23)22-11(2)12-4-3-5-14(8-12)17(19,20)21/h3-9,11H,1-2H3,(H,22,23). The van der Waals surface area contributed by atoms with E-state index in [4.69, 9.17) is 0 Å². The fourth-order valence-corrected chi connectivity index (χ4v) is 2.08. The van der Waals surface area contributed by atoms with E-state index in [1.54, 1.807) is 13.8 Å². The average Bonchev–Trinajstić information content (AvgIpc) is 2.49. The van der Waals surface area contributed by atoms with Crippen molar-refractivity contribution in [3.8, 4) is 0 Å². The smallest absolute Gasteiger partial charge is 0.346 e. The van der Waals surface area contributed by atoms with Crippen LogP contribution in [0.3, 0.4) is 0 Å². The summed E-state index contributed by atoms with van der Waals surface area (Å²) in [4.78, 5) is 12.1. The Hall–Kier alpha value is -2.37. The van der Waals surface area contributed by atoms with Gasteiger partial charge in [-0.05, 0) is 49.2 Å². The Kier molecular flexibility index (Phi) is 4.73. The number of nitrogens with one attached hydrogen (secondary N) is 1. The zero-order chi connectivity index (χ0) is 17.2. The number of hydrogen-bond acceptors (Lipinski definition) is 1. The molecule has 0 radical (unpaired) electrons. The molecule has 2 nitrogen and oxygen atoms in total. The molecule has 1 atom stereocenters. The van der Waals surface area contributed by atoms with E-state index in [0.717, 1.165) is 18.2 Å². The van der Waals surface area contributed by atoms with E-state index >= 15 is 0 Å². The minimum absolute atomic E-state index is 0.118. The third-order valence-corrected chi connectivity index (χ3v) is 3.50. The van der Waals surface area contributed by atoms with Gasteiger partial charge in [0.15, 0.2) is 0 Å². The molecule has 23 heavy (non-hydrogen) atoms. The largest absolute Gasteiger partial charge is 0.416 e. The Morgan fingerprint density at radius 1 is 1.13 bits per heavy atom. The zero-order valence-electron chi connectivity index (χ0n) is 12.5. The minimum Gasteiger partial charge on any atom is -0.346 e. The van der Waals surface area contributed by atoms with Gasteiger partial charge in [0.25, 0.3) is 5.91 Å². The van der Waals surface area contributed by atoms with Gasteiger partial charge in [0, 0.05) is 5.56 Å². The highest BCUT2D eigenvalue weighted by Gasteiger charge is 2.30. The summed E-state index contributed by atoms with van der Waals surface area (Å²) in [5.74, 6) is -1.06. The van der Waals surface area contributed by atoms with Crippen molar-refractivity contribution in [2.24, 2.45) is 0 Å². The van der Waals surface area contributed by atoms with Crippen molar-refractivity contribution in [3.63, 3.8) is 0 Å². The second-order valence-electron chi connectivity index (χ2n) is 5.28. The summed E-state index contributed by atoms with van der Waals surface area (Å²) < 4.78 is 51.6. The monoisotopic (exact) mass is 325 g/mol. The van der Waals surface area contributed by atoms with Crippen LogP contribution in [0.1, 0.15) is 40.0 Å². The highest BCUT2D eigenvalue weighted by atomic mass is 19.4. The summed E-state index contributed by atoms with van der Waals surface area (Å²) in [6, 6.07) is 8.13. The molecule has 0 heterocycles. The van der Waals surface area contributed by atoms with Crippen LogP contribution in [0.25, 0.3) is 0 Å². The number of hydrogen-bond donors (Lipinski definition) is 1. The van der Waals surface area contributed by atoms with E-state index in [0.29, 0.717) is 11.1 Å². The highest BCUT2D eigenvalue weighted by Crippen LogP contribution is 2.30. The van der Waals surface area contributed by atoms with Gasteiger partial charge in [-0.25, -0.2) is 4.39 Å². The highest BCUT2D eigenvalue weighted by molar-refractivity contribution is 5.94. The van der Waals surface area contributed by atoms with E-state index in [9.17, 15) is 22.4 Å². The maximum atomic E-state index is 13.5. The van der Waals surface area contributed by atoms with Crippen molar-refractivity contribution in [1.29, 1.82) is 0 Å². The molecule has 0 saturated heterocycles. The summed E-state index contributed by atoms with van der Waals surface area (Å²) in [5.41, 5.74) is 0.0673. The first kappa shape index (κ1) is 17.0. The van der Waals surface area contributed by atoms with E-state index in [2.05, 4.69) is 5.32 Å². The van der Waals surface area contributed by atoms with Crippen LogP contribution in [0.2, 0.25) is 0 Å². The summed E-state index contributed by atoms with van der Waals surface area (Å²) in [5, 5.41) is 2.56. The lowest BCUT2D eigenvalue weighted by Crippen LogP contribution is -2.27. The number of halogens is 4. The lowest BCUT2D eigenvalue weighted by atomic mass is 10.0. The van der Waals surface area contributed by atoms with Crippen molar-refractivity contribution < 1.29 is 22.4 Å². The Balaban J connectivity index is 2.16. The number of aryl methyl sites for hydroxylation is 1. The first-order chi connectivity index (χ1) is 10.7. The molecule has 2 rings (SSSR count). The van der Waals surface area contributed by atoms with E-state index < -0.39 is 29.5 Å². The SMILES string of the molecule is Cc1ccc(C(=O)NC(C)c2cccc(C(F)(F)F)c2)cc1F. The summed E-state index contributed by atoms with van der Waals surface area (Å²) in [6.07, 6.45) is -4.44. The molecule has 0 saturated carbocycles. The quantitative estimate of drug-likeness (QED) is 0.818. The lowest BCUT2D eigenvalue weighted by Gasteiger charge is -2.16. The minimum atomic E-state index is -4.44. The maximum absolute atomic E-state index is 13.5. The van der Waals surface area contributed by atoms with E-state index in [1.807, 2.05) is 0 Å². The van der Waals surface area contributed by atoms with Gasteiger partial charge in [-0.1, -0.05) is 18.2 Å². The van der Waals surface area contributed by atoms with Gasteiger partial charge in [0.1, 0.15) is 5.82 Å². The van der Waals surface area contributed by atoms with Gasteiger partial charge in [0.05, 0.1) is 11.6 Å². The molecule has 1 amide bonds. The number of alkyl halides is 3. The van der Waals surface area contributed by atoms with Crippen LogP contribution < -0.4 is 5.32 Å². The fourth-order valence-electron chi connectivity index (χ4n) is 2.08. The normalized spacial score (nSPS) is 12.8. The predicted molar refractivity (Wildman–Crippen MR) is 78.5 cm³/mol. The van der Waals surface area contributed by atoms with Gasteiger partial charge in [0.2, 0.25) is 0 Å². The summed E-state index contributed by atoms with van der Waals surface area (Å²) >= 11 is 0. The van der Waals surface area contributed by atoms with Crippen LogP contribution >= 0.6 is 0 Å². The molecule has 0 fully saturated rings. The van der Waals surface area contributed by atoms with Crippen molar-refractivity contribution in [1.82, 2.24) is 5.32 Å². The Labute approximate surface area is 131 Å². The second-order valence-corrected chi connectivity index (χ2v) is 5.28. The number of benzene rings is 2. The first-order valence-corrected chi connectivity index (χ1v) is 6.92. The van der Waals surface area contributed by atoms with Crippen LogP contribution in [0.4, 0.5) is 17.6 Å². The summed E-state index contributed by atoms with van der Waals surface area (Å²) in [7, 11) is 0. The third-order valence-electron chi connectivity index (χ3n) is 3.50. The van der Waals surface area contributed by atoms with Crippen LogP contribution in [-0.4, -0.2) is 5.91 Å². The van der Waals surface area contributed by atoms with Crippen LogP contribution in [0.5, 0.6) is 0 Å². The van der Waals surface area contributed by atoms with Crippen LogP contribution in [-0.2, 0) is 6.18 Å². The van der Waals surface area contributed by atoms with Crippen molar-refractivity contribution in [2.75, 3.05) is 0 Å². The molecule has 0 aliphatic rings. The lowest BCUT2D eigenvalue weighted by molar-refractivity contribution is -0.137. The zero-order valence-corrected chi connectivity index (χ0v) is 12.5. The maximum Gasteiger partial charge on any atom is 0.416 e. The van der Waals surface area contributed by atoms with E-state index in [1.165, 1.54) is 24.3 Å². The van der Waals surface area contributed by atoms with Gasteiger partial charge in [-0.2, -0.15) is 13.2 Å². The Bertz CT molecular complexity index is 725. The number of rotatable bonds is 3. The van der Waals surface area contributed by atoms with Gasteiger partial charge in [-0.3, -0.25) is 4.79 Å². The molecule has 6 heteroatoms. The molecular formula is C17H15F4NO. The molecule has 0 bridgehead atoms. The summed E-state index contributed by atoms with van der Waals surface area (Å²) in [6.45, 7) is 3.14. The van der Waals surface area contributed by atoms with Crippen molar-refractivity contribution in [3.05, 3.63) is 70.5 Å². The number of carbonyl (C=O) groups excluding carboxylic acids is 1. The molecule has 0 aliphatic carbocycles. The molecule has 1 unspecified atom stereocenters. The van der Waals surface area contributed by atoms with Gasteiger partial charge < -0.3 is 5.32 Å². The third kappa shape index (κ3) is 4.09. The first-order valence-electron chi connectivity index (χ1n) is 6.92. The van der Waals surface area contributed by atoms with Gasteiger partial charge in [-0.15, -0.1) is 0 Å². The number of carbonyl (C=O) groups is 1. The molecule has 2 aromatic rings. The van der Waals surface area contributed by atoms with E-state index in [-0.39, 0.29) is 5.56 Å². The van der Waals surface area contributed by atoms with Crippen molar-refractivity contribution in [2.45, 2.75) is 26.1 Å². The van der Waals surface area contributed by atoms with Crippen molar-refractivity contribution >= 4 is 5.91 Å². The molecular weight excluding hydrogens is 310 g/mol. The average molecular weight is 325 g/mol. The topological polar surface area (TPSA) is 29.1 Å². The molecule has 0 aliphatic heterocycles. The van der Waals surface area contributed by atoms with Gasteiger partial charge >= 0.3 is 6.18 Å².